The molecule has 0 saturated carbocycles. The van der Waals surface area contributed by atoms with E-state index in [-0.39, 0.29) is 12.3 Å². The summed E-state index contributed by atoms with van der Waals surface area (Å²) in [6.45, 7) is 2.51. The van der Waals surface area contributed by atoms with Crippen LogP contribution in [-0.2, 0) is 11.3 Å². The number of rotatable bonds is 2. The normalized spacial score (nSPS) is 17.8. The van der Waals surface area contributed by atoms with Gasteiger partial charge in [0, 0.05) is 30.5 Å². The van der Waals surface area contributed by atoms with E-state index in [1.807, 2.05) is 6.92 Å². The van der Waals surface area contributed by atoms with Crippen molar-refractivity contribution in [2.75, 3.05) is 5.32 Å². The van der Waals surface area contributed by atoms with Gasteiger partial charge in [-0.15, -0.1) is 0 Å². The molecule has 1 N–H and O–H groups in total. The van der Waals surface area contributed by atoms with Gasteiger partial charge < -0.3 is 5.32 Å². The molecule has 4 nitrogen and oxygen atoms in total. The number of carbonyl (C=O) groups is 1. The summed E-state index contributed by atoms with van der Waals surface area (Å²) in [6.07, 6.45) is 1.76. The SMILES string of the molecule is CCn1ncc2c1NC(=O)CC2c1ccc(F)cc1F. The topological polar surface area (TPSA) is 46.9 Å². The maximum absolute atomic E-state index is 13.9. The summed E-state index contributed by atoms with van der Waals surface area (Å²) in [5.74, 6) is -1.30. The summed E-state index contributed by atoms with van der Waals surface area (Å²) in [6, 6.07) is 3.43. The molecule has 1 unspecified atom stereocenters. The lowest BCUT2D eigenvalue weighted by Gasteiger charge is -2.23. The van der Waals surface area contributed by atoms with Crippen LogP contribution in [0.1, 0.15) is 30.4 Å². The van der Waals surface area contributed by atoms with Gasteiger partial charge in [0.25, 0.3) is 0 Å². The minimum absolute atomic E-state index is 0.130. The highest BCUT2D eigenvalue weighted by molar-refractivity contribution is 5.94. The number of aromatic nitrogens is 2. The number of nitrogens with zero attached hydrogens (tertiary/aromatic N) is 2. The molecule has 1 aromatic carbocycles. The third kappa shape index (κ3) is 1.97. The van der Waals surface area contributed by atoms with E-state index in [0.717, 1.165) is 11.6 Å². The first-order valence-corrected chi connectivity index (χ1v) is 6.40. The van der Waals surface area contributed by atoms with Gasteiger partial charge in [0.2, 0.25) is 5.91 Å². The van der Waals surface area contributed by atoms with Crippen molar-refractivity contribution < 1.29 is 13.6 Å². The van der Waals surface area contributed by atoms with Crippen molar-refractivity contribution in [3.05, 3.63) is 47.2 Å². The fourth-order valence-electron chi connectivity index (χ4n) is 2.57. The van der Waals surface area contributed by atoms with Gasteiger partial charge in [0.05, 0.1) is 6.20 Å². The first-order chi connectivity index (χ1) is 9.60. The standard InChI is InChI=1S/C14H13F2N3O/c1-2-19-14-11(7-17-19)10(6-13(20)18-14)9-4-3-8(15)5-12(9)16/h3-5,7,10H,2,6H2,1H3,(H,18,20). The molecule has 0 fully saturated rings. The van der Waals surface area contributed by atoms with Crippen molar-refractivity contribution in [1.82, 2.24) is 9.78 Å². The molecular weight excluding hydrogens is 264 g/mol. The van der Waals surface area contributed by atoms with Gasteiger partial charge in [-0.25, -0.2) is 13.5 Å². The highest BCUT2D eigenvalue weighted by Crippen LogP contribution is 2.38. The van der Waals surface area contributed by atoms with Crippen molar-refractivity contribution in [2.24, 2.45) is 0 Å². The zero-order chi connectivity index (χ0) is 14.3. The van der Waals surface area contributed by atoms with E-state index in [0.29, 0.717) is 17.9 Å². The van der Waals surface area contributed by atoms with Gasteiger partial charge in [0.15, 0.2) is 0 Å². The number of aryl methyl sites for hydroxylation is 1. The fraction of sp³-hybridized carbons (Fsp3) is 0.286. The van der Waals surface area contributed by atoms with Gasteiger partial charge in [0.1, 0.15) is 17.5 Å². The molecule has 104 valence electrons. The minimum atomic E-state index is -0.639. The molecule has 2 aromatic rings. The molecule has 2 heterocycles. The summed E-state index contributed by atoms with van der Waals surface area (Å²) in [7, 11) is 0. The Morgan fingerprint density at radius 3 is 2.90 bits per heavy atom. The van der Waals surface area contributed by atoms with E-state index in [2.05, 4.69) is 10.4 Å². The largest absolute Gasteiger partial charge is 0.311 e. The number of amides is 1. The van der Waals surface area contributed by atoms with Crippen LogP contribution in [0.25, 0.3) is 0 Å². The third-order valence-corrected chi connectivity index (χ3v) is 3.53. The summed E-state index contributed by atoms with van der Waals surface area (Å²) in [5.41, 5.74) is 1.08. The van der Waals surface area contributed by atoms with Crippen molar-refractivity contribution in [2.45, 2.75) is 25.8 Å². The molecule has 20 heavy (non-hydrogen) atoms. The molecule has 1 atom stereocenters. The number of hydrogen-bond donors (Lipinski definition) is 1. The molecule has 0 saturated heterocycles. The predicted octanol–water partition coefficient (Wildman–Crippen LogP) is 2.66. The van der Waals surface area contributed by atoms with Gasteiger partial charge in [-0.3, -0.25) is 4.79 Å². The van der Waals surface area contributed by atoms with Crippen LogP contribution in [-0.4, -0.2) is 15.7 Å². The van der Waals surface area contributed by atoms with Crippen LogP contribution in [0.2, 0.25) is 0 Å². The number of hydrogen-bond acceptors (Lipinski definition) is 2. The van der Waals surface area contributed by atoms with E-state index in [4.69, 9.17) is 0 Å². The van der Waals surface area contributed by atoms with Crippen LogP contribution in [0, 0.1) is 11.6 Å². The second-order valence-electron chi connectivity index (χ2n) is 4.74. The molecule has 1 amide bonds. The second kappa shape index (κ2) is 4.70. The van der Waals surface area contributed by atoms with Gasteiger partial charge in [-0.2, -0.15) is 5.10 Å². The quantitative estimate of drug-likeness (QED) is 0.917. The van der Waals surface area contributed by atoms with E-state index in [1.165, 1.54) is 12.1 Å². The van der Waals surface area contributed by atoms with Gasteiger partial charge >= 0.3 is 0 Å². The smallest absolute Gasteiger partial charge is 0.226 e. The molecule has 0 bridgehead atoms. The van der Waals surface area contributed by atoms with Crippen LogP contribution < -0.4 is 5.32 Å². The number of benzene rings is 1. The van der Waals surface area contributed by atoms with Crippen LogP contribution in [0.5, 0.6) is 0 Å². The molecule has 6 heteroatoms. The Hall–Kier alpha value is -2.24. The number of carbonyl (C=O) groups excluding carboxylic acids is 1. The Morgan fingerprint density at radius 2 is 2.20 bits per heavy atom. The summed E-state index contributed by atoms with van der Waals surface area (Å²) in [5, 5.41) is 6.93. The lowest BCUT2D eigenvalue weighted by Crippen LogP contribution is -2.25. The van der Waals surface area contributed by atoms with E-state index >= 15 is 0 Å². The van der Waals surface area contributed by atoms with Crippen LogP contribution in [0.4, 0.5) is 14.6 Å². The second-order valence-corrected chi connectivity index (χ2v) is 4.74. The Morgan fingerprint density at radius 1 is 1.40 bits per heavy atom. The van der Waals surface area contributed by atoms with Crippen molar-refractivity contribution >= 4 is 11.7 Å². The summed E-state index contributed by atoms with van der Waals surface area (Å²) >= 11 is 0. The fourth-order valence-corrected chi connectivity index (χ4v) is 2.57. The maximum Gasteiger partial charge on any atom is 0.226 e. The average molecular weight is 277 g/mol. The van der Waals surface area contributed by atoms with E-state index in [1.54, 1.807) is 10.9 Å². The summed E-state index contributed by atoms with van der Waals surface area (Å²) in [4.78, 5) is 11.8. The molecule has 1 aromatic heterocycles. The third-order valence-electron chi connectivity index (χ3n) is 3.53. The van der Waals surface area contributed by atoms with Crippen molar-refractivity contribution in [1.29, 1.82) is 0 Å². The molecule has 1 aliphatic rings. The van der Waals surface area contributed by atoms with Crippen LogP contribution in [0.15, 0.2) is 24.4 Å². The molecule has 3 rings (SSSR count). The summed E-state index contributed by atoms with van der Waals surface area (Å²) < 4.78 is 28.6. The number of anilines is 1. The molecule has 1 aliphatic heterocycles. The zero-order valence-electron chi connectivity index (χ0n) is 10.9. The minimum Gasteiger partial charge on any atom is -0.311 e. The number of halogens is 2. The first kappa shape index (κ1) is 12.8. The van der Waals surface area contributed by atoms with Crippen LogP contribution >= 0.6 is 0 Å². The van der Waals surface area contributed by atoms with E-state index < -0.39 is 17.6 Å². The predicted molar refractivity (Wildman–Crippen MR) is 69.3 cm³/mol. The average Bonchev–Trinajstić information content (AvgIpc) is 2.80. The van der Waals surface area contributed by atoms with Crippen molar-refractivity contribution in [3.63, 3.8) is 0 Å². The highest BCUT2D eigenvalue weighted by atomic mass is 19.1. The number of nitrogens with one attached hydrogen (secondary N) is 1. The Balaban J connectivity index is 2.11. The lowest BCUT2D eigenvalue weighted by atomic mass is 9.87. The van der Waals surface area contributed by atoms with Gasteiger partial charge in [-0.05, 0) is 18.6 Å². The zero-order valence-corrected chi connectivity index (χ0v) is 10.9. The Labute approximate surface area is 114 Å². The molecule has 0 aliphatic carbocycles. The monoisotopic (exact) mass is 277 g/mol. The molecular formula is C14H13F2N3O. The first-order valence-electron chi connectivity index (χ1n) is 6.40. The maximum atomic E-state index is 13.9. The number of fused-ring (bicyclic) bond motifs is 1. The van der Waals surface area contributed by atoms with E-state index in [9.17, 15) is 13.6 Å². The lowest BCUT2D eigenvalue weighted by molar-refractivity contribution is -0.116. The Kier molecular flexibility index (Phi) is 3.00. The Bertz CT molecular complexity index is 681. The molecule has 0 radical (unpaired) electrons. The highest BCUT2D eigenvalue weighted by Gasteiger charge is 2.31. The van der Waals surface area contributed by atoms with Crippen LogP contribution in [0.3, 0.4) is 0 Å². The van der Waals surface area contributed by atoms with Crippen molar-refractivity contribution in [3.8, 4) is 0 Å². The molecule has 0 spiro atoms. The van der Waals surface area contributed by atoms with Gasteiger partial charge in [-0.1, -0.05) is 6.07 Å².